The van der Waals surface area contributed by atoms with E-state index in [1.807, 2.05) is 27.7 Å². The monoisotopic (exact) mass is 492 g/mol. The van der Waals surface area contributed by atoms with Gasteiger partial charge in [0.25, 0.3) is 0 Å². The highest BCUT2D eigenvalue weighted by molar-refractivity contribution is 5.94. The number of carbonyl (C=O) groups is 4. The summed E-state index contributed by atoms with van der Waals surface area (Å²) in [5, 5.41) is 26.7. The van der Waals surface area contributed by atoms with Crippen molar-refractivity contribution >= 4 is 23.7 Å². The fourth-order valence-corrected chi connectivity index (χ4v) is 3.46. The Morgan fingerprint density at radius 3 is 1.91 bits per heavy atom. The number of nitrogens with two attached hydrogens (primary N) is 1. The first-order valence-corrected chi connectivity index (χ1v) is 12.0. The maximum atomic E-state index is 13.2. The molecule has 0 bridgehead atoms. The van der Waals surface area contributed by atoms with Crippen LogP contribution in [0.5, 0.6) is 0 Å². The number of carboxylic acid groups (broad SMARTS) is 1. The second kappa shape index (κ2) is 14.4. The molecule has 10 heteroatoms. The number of carboxylic acids is 1. The van der Waals surface area contributed by atoms with Crippen molar-refractivity contribution in [3.8, 4) is 0 Å². The number of aliphatic hydroxyl groups excluding tert-OH is 1. The van der Waals surface area contributed by atoms with Crippen molar-refractivity contribution < 1.29 is 29.4 Å². The highest BCUT2D eigenvalue weighted by atomic mass is 16.4. The number of aliphatic hydroxyl groups is 1. The second-order valence-corrected chi connectivity index (χ2v) is 9.42. The van der Waals surface area contributed by atoms with Crippen LogP contribution in [0.25, 0.3) is 0 Å². The van der Waals surface area contributed by atoms with Crippen LogP contribution >= 0.6 is 0 Å². The van der Waals surface area contributed by atoms with Crippen LogP contribution in [-0.2, 0) is 25.6 Å². The maximum Gasteiger partial charge on any atom is 0.328 e. The quantitative estimate of drug-likeness (QED) is 0.220. The van der Waals surface area contributed by atoms with Gasteiger partial charge in [-0.15, -0.1) is 0 Å². The van der Waals surface area contributed by atoms with Crippen molar-refractivity contribution in [2.45, 2.75) is 84.2 Å². The summed E-state index contributed by atoms with van der Waals surface area (Å²) in [6.07, 6.45) is -0.252. The van der Waals surface area contributed by atoms with E-state index in [4.69, 9.17) is 5.73 Å². The zero-order valence-corrected chi connectivity index (χ0v) is 21.2. The Morgan fingerprint density at radius 1 is 0.886 bits per heavy atom. The lowest BCUT2D eigenvalue weighted by Crippen LogP contribution is -2.59. The Morgan fingerprint density at radius 2 is 1.43 bits per heavy atom. The van der Waals surface area contributed by atoms with E-state index in [9.17, 15) is 29.4 Å². The SMILES string of the molecule is CCC(C)C(N)C(=O)NC(CC(C)C)C(=O)NC(Cc1ccccc1)C(=O)NC(C(=O)O)C(C)O. The van der Waals surface area contributed by atoms with E-state index in [0.717, 1.165) is 5.56 Å². The zero-order chi connectivity index (χ0) is 26.7. The summed E-state index contributed by atoms with van der Waals surface area (Å²) in [4.78, 5) is 50.3. The number of aliphatic carboxylic acids is 1. The predicted octanol–water partition coefficient (Wildman–Crippen LogP) is 0.568. The molecule has 0 aliphatic heterocycles. The molecule has 7 N–H and O–H groups in total. The minimum atomic E-state index is -1.54. The van der Waals surface area contributed by atoms with E-state index >= 15 is 0 Å². The average molecular weight is 493 g/mol. The topological polar surface area (TPSA) is 171 Å². The van der Waals surface area contributed by atoms with E-state index in [2.05, 4.69) is 16.0 Å². The number of nitrogens with one attached hydrogen (secondary N) is 3. The van der Waals surface area contributed by atoms with Gasteiger partial charge in [-0.05, 0) is 30.7 Å². The summed E-state index contributed by atoms with van der Waals surface area (Å²) in [6, 6.07) is 4.50. The molecule has 0 saturated heterocycles. The largest absolute Gasteiger partial charge is 0.480 e. The number of rotatable bonds is 14. The Kier molecular flexibility index (Phi) is 12.4. The summed E-state index contributed by atoms with van der Waals surface area (Å²) >= 11 is 0. The first-order chi connectivity index (χ1) is 16.4. The molecule has 0 fully saturated rings. The van der Waals surface area contributed by atoms with Gasteiger partial charge in [0, 0.05) is 6.42 Å². The van der Waals surface area contributed by atoms with E-state index in [0.29, 0.717) is 12.8 Å². The molecule has 0 radical (unpaired) electrons. The molecule has 0 aromatic heterocycles. The molecule has 1 rings (SSSR count). The van der Waals surface area contributed by atoms with Crippen LogP contribution in [0.3, 0.4) is 0 Å². The molecule has 0 saturated carbocycles. The minimum absolute atomic E-state index is 0.0545. The van der Waals surface area contributed by atoms with Crippen LogP contribution in [0.15, 0.2) is 30.3 Å². The van der Waals surface area contributed by atoms with Gasteiger partial charge >= 0.3 is 5.97 Å². The van der Waals surface area contributed by atoms with Gasteiger partial charge in [0.2, 0.25) is 17.7 Å². The molecule has 6 atom stereocenters. The smallest absolute Gasteiger partial charge is 0.328 e. The third-order valence-corrected chi connectivity index (χ3v) is 5.86. The molecule has 0 aliphatic carbocycles. The van der Waals surface area contributed by atoms with E-state index in [1.165, 1.54) is 6.92 Å². The second-order valence-electron chi connectivity index (χ2n) is 9.42. The van der Waals surface area contributed by atoms with Gasteiger partial charge in [0.05, 0.1) is 12.1 Å². The summed E-state index contributed by atoms with van der Waals surface area (Å²) in [5.74, 6) is -3.22. The fraction of sp³-hybridized carbons (Fsp3) is 0.600. The first-order valence-electron chi connectivity index (χ1n) is 12.0. The Balaban J connectivity index is 3.13. The lowest BCUT2D eigenvalue weighted by Gasteiger charge is -2.27. The summed E-state index contributed by atoms with van der Waals surface area (Å²) in [5.41, 5.74) is 6.76. The third-order valence-electron chi connectivity index (χ3n) is 5.86. The molecule has 3 amide bonds. The van der Waals surface area contributed by atoms with E-state index in [1.54, 1.807) is 30.3 Å². The Bertz CT molecular complexity index is 846. The lowest BCUT2D eigenvalue weighted by molar-refractivity contribution is -0.145. The van der Waals surface area contributed by atoms with Gasteiger partial charge in [-0.25, -0.2) is 4.79 Å². The normalized spacial score (nSPS) is 16.3. The Hall–Kier alpha value is -2.98. The molecule has 0 heterocycles. The number of hydrogen-bond donors (Lipinski definition) is 6. The molecular weight excluding hydrogens is 452 g/mol. The van der Waals surface area contributed by atoms with Crippen molar-refractivity contribution in [2.75, 3.05) is 0 Å². The summed E-state index contributed by atoms with van der Waals surface area (Å²) in [6.45, 7) is 8.81. The molecule has 35 heavy (non-hydrogen) atoms. The van der Waals surface area contributed by atoms with Crippen molar-refractivity contribution in [3.63, 3.8) is 0 Å². The van der Waals surface area contributed by atoms with Gasteiger partial charge in [-0.2, -0.15) is 0 Å². The zero-order valence-electron chi connectivity index (χ0n) is 21.2. The number of hydrogen-bond acceptors (Lipinski definition) is 6. The van der Waals surface area contributed by atoms with Gasteiger partial charge in [0.15, 0.2) is 6.04 Å². The van der Waals surface area contributed by atoms with E-state index in [-0.39, 0.29) is 18.3 Å². The molecule has 1 aromatic carbocycles. The summed E-state index contributed by atoms with van der Waals surface area (Å²) < 4.78 is 0. The third kappa shape index (κ3) is 10.0. The molecular formula is C25H40N4O6. The van der Waals surface area contributed by atoms with Gasteiger partial charge in [-0.3, -0.25) is 14.4 Å². The molecule has 0 aliphatic rings. The Labute approximate surface area is 207 Å². The molecule has 196 valence electrons. The van der Waals surface area contributed by atoms with Crippen molar-refractivity contribution in [1.82, 2.24) is 16.0 Å². The molecule has 1 aromatic rings. The highest BCUT2D eigenvalue weighted by Crippen LogP contribution is 2.11. The van der Waals surface area contributed by atoms with Crippen molar-refractivity contribution in [1.29, 1.82) is 0 Å². The average Bonchev–Trinajstić information content (AvgIpc) is 2.80. The molecule has 0 spiro atoms. The predicted molar refractivity (Wildman–Crippen MR) is 132 cm³/mol. The van der Waals surface area contributed by atoms with Crippen LogP contribution in [0.1, 0.15) is 53.0 Å². The lowest BCUT2D eigenvalue weighted by atomic mass is 9.97. The maximum absolute atomic E-state index is 13.2. The van der Waals surface area contributed by atoms with Crippen LogP contribution < -0.4 is 21.7 Å². The van der Waals surface area contributed by atoms with Gasteiger partial charge < -0.3 is 31.9 Å². The number of carbonyl (C=O) groups excluding carboxylic acids is 3. The van der Waals surface area contributed by atoms with Crippen LogP contribution in [0.4, 0.5) is 0 Å². The molecule has 10 nitrogen and oxygen atoms in total. The van der Waals surface area contributed by atoms with Crippen LogP contribution in [-0.4, -0.2) is 64.2 Å². The number of amides is 3. The fourth-order valence-electron chi connectivity index (χ4n) is 3.46. The molecule has 6 unspecified atom stereocenters. The van der Waals surface area contributed by atoms with Crippen molar-refractivity contribution in [3.05, 3.63) is 35.9 Å². The summed E-state index contributed by atoms with van der Waals surface area (Å²) in [7, 11) is 0. The van der Waals surface area contributed by atoms with Crippen LogP contribution in [0.2, 0.25) is 0 Å². The number of benzene rings is 1. The van der Waals surface area contributed by atoms with Crippen molar-refractivity contribution in [2.24, 2.45) is 17.6 Å². The van der Waals surface area contributed by atoms with Gasteiger partial charge in [0.1, 0.15) is 12.1 Å². The first kappa shape index (κ1) is 30.1. The van der Waals surface area contributed by atoms with Gasteiger partial charge in [-0.1, -0.05) is 64.4 Å². The minimum Gasteiger partial charge on any atom is -0.480 e. The highest BCUT2D eigenvalue weighted by Gasteiger charge is 2.32. The van der Waals surface area contributed by atoms with E-state index < -0.39 is 54.0 Å². The van der Waals surface area contributed by atoms with Crippen LogP contribution in [0, 0.1) is 11.8 Å². The standard InChI is InChI=1S/C25H40N4O6/c1-6-15(4)20(26)24(33)28-18(12-14(2)3)22(31)27-19(13-17-10-8-7-9-11-17)23(32)29-21(16(5)30)25(34)35/h7-11,14-16,18-21,30H,6,12-13,26H2,1-5H3,(H,27,31)(H,28,33)(H,29,32)(H,34,35).